The molecule has 1 saturated heterocycles. The van der Waals surface area contributed by atoms with E-state index in [2.05, 4.69) is 15.4 Å². The maximum Gasteiger partial charge on any atom is 0.434 e. The van der Waals surface area contributed by atoms with E-state index in [1.807, 2.05) is 43.3 Å². The zero-order valence-electron chi connectivity index (χ0n) is 17.1. The highest BCUT2D eigenvalue weighted by Gasteiger charge is 2.40. The summed E-state index contributed by atoms with van der Waals surface area (Å²) in [5.74, 6) is -1.39. The molecule has 1 aliphatic rings. The molecular weight excluding hydrogens is 443 g/mol. The second-order valence-corrected chi connectivity index (χ2v) is 8.35. The van der Waals surface area contributed by atoms with Crippen molar-refractivity contribution in [2.45, 2.75) is 11.6 Å². The van der Waals surface area contributed by atoms with E-state index in [0.29, 0.717) is 0 Å². The molecule has 0 saturated carbocycles. The Morgan fingerprint density at radius 2 is 1.94 bits per heavy atom. The summed E-state index contributed by atoms with van der Waals surface area (Å²) in [5.41, 5.74) is 1.90. The predicted octanol–water partition coefficient (Wildman–Crippen LogP) is 3.63. The number of aromatic nitrogens is 2. The molecule has 3 heterocycles. The van der Waals surface area contributed by atoms with E-state index in [1.54, 1.807) is 0 Å². The van der Waals surface area contributed by atoms with Gasteiger partial charge in [-0.15, -0.1) is 11.8 Å². The number of nitrogens with one attached hydrogen (secondary N) is 1. The highest BCUT2D eigenvalue weighted by Crippen LogP contribution is 2.38. The highest BCUT2D eigenvalue weighted by molar-refractivity contribution is 8.00. The van der Waals surface area contributed by atoms with Gasteiger partial charge in [0, 0.05) is 31.4 Å². The number of hydrazine groups is 1. The minimum atomic E-state index is -4.87. The summed E-state index contributed by atoms with van der Waals surface area (Å²) >= 11 is 1.28. The van der Waals surface area contributed by atoms with Crippen molar-refractivity contribution in [1.29, 1.82) is 0 Å². The number of anilines is 1. The van der Waals surface area contributed by atoms with Crippen molar-refractivity contribution in [2.24, 2.45) is 0 Å². The van der Waals surface area contributed by atoms with Gasteiger partial charge in [0.25, 0.3) is 11.8 Å². The minimum Gasteiger partial charge on any atom is -0.378 e. The molecule has 3 aromatic rings. The second kappa shape index (κ2) is 8.30. The lowest BCUT2D eigenvalue weighted by Gasteiger charge is -2.25. The molecule has 11 heteroatoms. The van der Waals surface area contributed by atoms with E-state index in [-0.39, 0.29) is 16.8 Å². The Hall–Kier alpha value is -3.34. The van der Waals surface area contributed by atoms with Gasteiger partial charge in [0.2, 0.25) is 0 Å². The number of nitrogens with zero attached hydrogens (tertiary/aromatic N) is 4. The van der Waals surface area contributed by atoms with Crippen molar-refractivity contribution in [3.8, 4) is 0 Å². The fourth-order valence-electron chi connectivity index (χ4n) is 3.29. The van der Waals surface area contributed by atoms with Crippen LogP contribution < -0.4 is 10.3 Å². The van der Waals surface area contributed by atoms with Gasteiger partial charge in [-0.05, 0) is 35.9 Å². The number of carbonyl (C=O) groups excluding carboxylic acids is 2. The van der Waals surface area contributed by atoms with Crippen molar-refractivity contribution in [3.63, 3.8) is 0 Å². The van der Waals surface area contributed by atoms with Crippen molar-refractivity contribution in [2.75, 3.05) is 24.7 Å². The third-order valence-electron chi connectivity index (χ3n) is 4.89. The van der Waals surface area contributed by atoms with Gasteiger partial charge in [-0.2, -0.15) is 13.2 Å². The first-order valence-corrected chi connectivity index (χ1v) is 10.5. The Kier molecular flexibility index (Phi) is 5.68. The molecule has 0 spiro atoms. The van der Waals surface area contributed by atoms with E-state index in [9.17, 15) is 22.8 Å². The van der Waals surface area contributed by atoms with Gasteiger partial charge < -0.3 is 4.90 Å². The number of rotatable bonds is 4. The summed E-state index contributed by atoms with van der Waals surface area (Å²) in [6.45, 7) is 0. The number of halogens is 3. The quantitative estimate of drug-likeness (QED) is 0.639. The Balaban J connectivity index is 1.66. The van der Waals surface area contributed by atoms with E-state index in [4.69, 9.17) is 0 Å². The molecule has 0 radical (unpaired) electrons. The zero-order valence-corrected chi connectivity index (χ0v) is 17.9. The molecule has 1 atom stereocenters. The smallest absolute Gasteiger partial charge is 0.378 e. The molecule has 1 unspecified atom stereocenters. The van der Waals surface area contributed by atoms with Gasteiger partial charge in [0.15, 0.2) is 11.3 Å². The largest absolute Gasteiger partial charge is 0.434 e. The number of pyridine rings is 2. The molecule has 2 amide bonds. The van der Waals surface area contributed by atoms with Crippen molar-refractivity contribution in [3.05, 3.63) is 65.5 Å². The Bertz CT molecular complexity index is 1180. The van der Waals surface area contributed by atoms with Gasteiger partial charge in [-0.1, -0.05) is 12.1 Å². The first kappa shape index (κ1) is 21.9. The van der Waals surface area contributed by atoms with Crippen molar-refractivity contribution >= 4 is 40.3 Å². The standard InChI is InChI=1S/C21H18F3N5O2S/c1-28(2)14-7-5-12(6-8-14)20-29(16(30)11-32-20)27-19(31)15-10-13-4-3-9-25-18(13)26-17(15)21(22,23)24/h3-10,20H,11H2,1-2H3,(H,27,31). The first-order valence-electron chi connectivity index (χ1n) is 9.50. The van der Waals surface area contributed by atoms with E-state index in [1.165, 1.54) is 30.1 Å². The van der Waals surface area contributed by atoms with Gasteiger partial charge >= 0.3 is 6.18 Å². The van der Waals surface area contributed by atoms with E-state index in [0.717, 1.165) is 22.3 Å². The second-order valence-electron chi connectivity index (χ2n) is 7.29. The summed E-state index contributed by atoms with van der Waals surface area (Å²) in [4.78, 5) is 34.6. The average molecular weight is 461 g/mol. The zero-order chi connectivity index (χ0) is 23.0. The van der Waals surface area contributed by atoms with E-state index < -0.39 is 34.6 Å². The number of hydrogen-bond donors (Lipinski definition) is 1. The van der Waals surface area contributed by atoms with Crippen LogP contribution in [0.1, 0.15) is 27.0 Å². The number of carbonyl (C=O) groups is 2. The molecule has 1 N–H and O–H groups in total. The van der Waals surface area contributed by atoms with Crippen LogP contribution in [0.2, 0.25) is 0 Å². The number of thioether (sulfide) groups is 1. The molecule has 1 aliphatic heterocycles. The Morgan fingerprint density at radius 3 is 2.59 bits per heavy atom. The highest BCUT2D eigenvalue weighted by atomic mass is 32.2. The molecule has 0 aliphatic carbocycles. The summed E-state index contributed by atoms with van der Waals surface area (Å²) in [6, 6.07) is 11.5. The summed E-state index contributed by atoms with van der Waals surface area (Å²) < 4.78 is 40.8. The van der Waals surface area contributed by atoms with Crippen LogP contribution in [0.15, 0.2) is 48.7 Å². The van der Waals surface area contributed by atoms with Crippen LogP contribution >= 0.6 is 11.8 Å². The van der Waals surface area contributed by atoms with Crippen LogP contribution in [0.5, 0.6) is 0 Å². The monoisotopic (exact) mass is 461 g/mol. The lowest BCUT2D eigenvalue weighted by molar-refractivity contribution is -0.141. The Morgan fingerprint density at radius 1 is 1.22 bits per heavy atom. The van der Waals surface area contributed by atoms with Crippen LogP contribution in [-0.4, -0.2) is 46.6 Å². The molecule has 166 valence electrons. The molecule has 0 bridgehead atoms. The van der Waals surface area contributed by atoms with Crippen molar-refractivity contribution < 1.29 is 22.8 Å². The maximum absolute atomic E-state index is 13.6. The fourth-order valence-corrected chi connectivity index (χ4v) is 4.40. The van der Waals surface area contributed by atoms with Crippen LogP contribution in [0.4, 0.5) is 18.9 Å². The van der Waals surface area contributed by atoms with Crippen LogP contribution in [-0.2, 0) is 11.0 Å². The number of benzene rings is 1. The van der Waals surface area contributed by atoms with Gasteiger partial charge in [-0.25, -0.2) is 15.0 Å². The molecule has 2 aromatic heterocycles. The van der Waals surface area contributed by atoms with Crippen LogP contribution in [0, 0.1) is 0 Å². The Labute approximate surface area is 185 Å². The molecular formula is C21H18F3N5O2S. The first-order chi connectivity index (χ1) is 15.1. The summed E-state index contributed by atoms with van der Waals surface area (Å²) in [7, 11) is 3.78. The third kappa shape index (κ3) is 4.20. The normalized spacial score (nSPS) is 16.5. The number of amides is 2. The topological polar surface area (TPSA) is 78.4 Å². The lowest BCUT2D eigenvalue weighted by Crippen LogP contribution is -2.45. The number of fused-ring (bicyclic) bond motifs is 1. The molecule has 1 aromatic carbocycles. The molecule has 1 fully saturated rings. The van der Waals surface area contributed by atoms with Gasteiger partial charge in [-0.3, -0.25) is 15.0 Å². The fraction of sp³-hybridized carbons (Fsp3) is 0.238. The molecule has 4 rings (SSSR count). The van der Waals surface area contributed by atoms with Crippen molar-refractivity contribution in [1.82, 2.24) is 20.4 Å². The van der Waals surface area contributed by atoms with Crippen LogP contribution in [0.25, 0.3) is 11.0 Å². The summed E-state index contributed by atoms with van der Waals surface area (Å²) in [6.07, 6.45) is -3.55. The van der Waals surface area contributed by atoms with Gasteiger partial charge in [0.05, 0.1) is 11.3 Å². The van der Waals surface area contributed by atoms with Crippen LogP contribution in [0.3, 0.4) is 0 Å². The minimum absolute atomic E-state index is 0.0897. The number of alkyl halides is 3. The molecule has 7 nitrogen and oxygen atoms in total. The predicted molar refractivity (Wildman–Crippen MR) is 115 cm³/mol. The van der Waals surface area contributed by atoms with Gasteiger partial charge in [0.1, 0.15) is 5.37 Å². The third-order valence-corrected chi connectivity index (χ3v) is 6.10. The maximum atomic E-state index is 13.6. The number of hydrogen-bond acceptors (Lipinski definition) is 6. The van der Waals surface area contributed by atoms with E-state index >= 15 is 0 Å². The molecule has 32 heavy (non-hydrogen) atoms. The SMILES string of the molecule is CN(C)c1ccc(C2SCC(=O)N2NC(=O)c2cc3cccnc3nc2C(F)(F)F)cc1. The average Bonchev–Trinajstić information content (AvgIpc) is 3.12. The lowest BCUT2D eigenvalue weighted by atomic mass is 10.1. The summed E-state index contributed by atoms with van der Waals surface area (Å²) in [5, 5.41) is 0.793.